The van der Waals surface area contributed by atoms with Crippen LogP contribution in [0.3, 0.4) is 0 Å². The molecule has 5 rings (SSSR count). The molecule has 0 radical (unpaired) electrons. The fraction of sp³-hybridized carbons (Fsp3) is 0.333. The summed E-state index contributed by atoms with van der Waals surface area (Å²) in [5.74, 6) is 1.45. The maximum Gasteiger partial charge on any atom is 0.228 e. The Morgan fingerprint density at radius 2 is 2.06 bits per heavy atom. The molecule has 0 spiro atoms. The van der Waals surface area contributed by atoms with Gasteiger partial charge in [0.05, 0.1) is 22.5 Å². The summed E-state index contributed by atoms with van der Waals surface area (Å²) in [4.78, 5) is 19.5. The largest absolute Gasteiger partial charge is 0.363 e. The van der Waals surface area contributed by atoms with Crippen molar-refractivity contribution in [3.63, 3.8) is 0 Å². The number of halogens is 1. The molecule has 7 nitrogen and oxygen atoms in total. The standard InChI is InChI=1S/C24H26N6OS.ClH/c1-5-30-13-16-12-15(9-10-18(16)27-30)22-21(19-7-6-8-20(25-19)29(3)4)24(32-28-22)26-23(31)17-11-14(17)2;/h6-10,12-14,17H,5,11H2,1-4H3,(H,26,31);1H/t14-,17-;/m1./s1. The van der Waals surface area contributed by atoms with Crippen LogP contribution in [0.4, 0.5) is 10.8 Å². The van der Waals surface area contributed by atoms with E-state index in [1.165, 1.54) is 11.5 Å². The highest BCUT2D eigenvalue weighted by molar-refractivity contribution is 7.11. The number of hydrogen-bond acceptors (Lipinski definition) is 6. The number of amides is 1. The van der Waals surface area contributed by atoms with Crippen LogP contribution in [0, 0.1) is 11.8 Å². The van der Waals surface area contributed by atoms with Crippen molar-refractivity contribution in [2.45, 2.75) is 26.8 Å². The summed E-state index contributed by atoms with van der Waals surface area (Å²) in [6.07, 6.45) is 2.99. The number of pyridine rings is 1. The average molecular weight is 483 g/mol. The first kappa shape index (κ1) is 23.2. The summed E-state index contributed by atoms with van der Waals surface area (Å²) in [5, 5.41) is 9.53. The van der Waals surface area contributed by atoms with Gasteiger partial charge in [0.2, 0.25) is 5.91 Å². The number of aryl methyl sites for hydroxylation is 1. The van der Waals surface area contributed by atoms with Crippen molar-refractivity contribution in [2.75, 3.05) is 24.3 Å². The van der Waals surface area contributed by atoms with Gasteiger partial charge in [0.1, 0.15) is 10.8 Å². The molecule has 2 atom stereocenters. The zero-order valence-electron chi connectivity index (χ0n) is 19.1. The minimum absolute atomic E-state index is 0. The molecular weight excluding hydrogens is 456 g/mol. The summed E-state index contributed by atoms with van der Waals surface area (Å²) in [6, 6.07) is 12.1. The van der Waals surface area contributed by atoms with E-state index in [1.807, 2.05) is 60.2 Å². The van der Waals surface area contributed by atoms with Crippen molar-refractivity contribution < 1.29 is 4.79 Å². The van der Waals surface area contributed by atoms with E-state index in [1.54, 1.807) is 0 Å². The highest BCUT2D eigenvalue weighted by atomic mass is 35.5. The molecule has 1 aliphatic rings. The van der Waals surface area contributed by atoms with Gasteiger partial charge < -0.3 is 10.2 Å². The van der Waals surface area contributed by atoms with E-state index in [-0.39, 0.29) is 24.2 Å². The third-order valence-corrected chi connectivity index (χ3v) is 6.74. The molecule has 0 aliphatic heterocycles. The van der Waals surface area contributed by atoms with Gasteiger partial charge in [0.15, 0.2) is 0 Å². The lowest BCUT2D eigenvalue weighted by Crippen LogP contribution is -2.14. The Bertz CT molecular complexity index is 1310. The molecule has 0 saturated heterocycles. The van der Waals surface area contributed by atoms with Crippen LogP contribution in [0.15, 0.2) is 42.6 Å². The van der Waals surface area contributed by atoms with Gasteiger partial charge in [0, 0.05) is 43.7 Å². The number of carbonyl (C=O) groups excluding carboxylic acids is 1. The van der Waals surface area contributed by atoms with Crippen LogP contribution in [0.2, 0.25) is 0 Å². The van der Waals surface area contributed by atoms with E-state index in [4.69, 9.17) is 9.36 Å². The van der Waals surface area contributed by atoms with Gasteiger partial charge in [-0.05, 0) is 55.1 Å². The van der Waals surface area contributed by atoms with Crippen molar-refractivity contribution in [2.24, 2.45) is 11.8 Å². The second kappa shape index (κ2) is 9.11. The maximum absolute atomic E-state index is 12.7. The molecule has 172 valence electrons. The van der Waals surface area contributed by atoms with Gasteiger partial charge in [-0.15, -0.1) is 12.4 Å². The predicted molar refractivity (Wildman–Crippen MR) is 137 cm³/mol. The molecule has 9 heteroatoms. The smallest absolute Gasteiger partial charge is 0.228 e. The number of anilines is 2. The molecule has 1 amide bonds. The van der Waals surface area contributed by atoms with Crippen LogP contribution < -0.4 is 10.2 Å². The molecule has 1 aromatic carbocycles. The number of nitrogens with zero attached hydrogens (tertiary/aromatic N) is 5. The predicted octanol–water partition coefficient (Wildman–Crippen LogP) is 5.32. The number of rotatable bonds is 6. The van der Waals surface area contributed by atoms with Crippen LogP contribution >= 0.6 is 23.9 Å². The Hall–Kier alpha value is -2.97. The lowest BCUT2D eigenvalue weighted by atomic mass is 10.0. The van der Waals surface area contributed by atoms with E-state index in [0.29, 0.717) is 5.92 Å². The van der Waals surface area contributed by atoms with Crippen molar-refractivity contribution in [1.29, 1.82) is 0 Å². The Labute approximate surface area is 203 Å². The number of hydrogen-bond donors (Lipinski definition) is 1. The van der Waals surface area contributed by atoms with Crippen molar-refractivity contribution in [3.05, 3.63) is 42.6 Å². The number of nitrogens with one attached hydrogen (secondary N) is 1. The molecule has 1 aliphatic carbocycles. The van der Waals surface area contributed by atoms with Crippen LogP contribution in [-0.4, -0.2) is 39.1 Å². The van der Waals surface area contributed by atoms with Crippen LogP contribution in [0.25, 0.3) is 33.4 Å². The van der Waals surface area contributed by atoms with Gasteiger partial charge in [0.25, 0.3) is 0 Å². The van der Waals surface area contributed by atoms with Crippen molar-refractivity contribution >= 4 is 51.6 Å². The minimum Gasteiger partial charge on any atom is -0.363 e. The van der Waals surface area contributed by atoms with Gasteiger partial charge >= 0.3 is 0 Å². The van der Waals surface area contributed by atoms with Gasteiger partial charge in [-0.25, -0.2) is 4.98 Å². The normalized spacial score (nSPS) is 17.0. The van der Waals surface area contributed by atoms with Gasteiger partial charge in [-0.1, -0.05) is 19.1 Å². The molecular formula is C24H27ClN6OS. The fourth-order valence-electron chi connectivity index (χ4n) is 3.90. The first-order valence-electron chi connectivity index (χ1n) is 10.9. The maximum atomic E-state index is 12.7. The fourth-order valence-corrected chi connectivity index (χ4v) is 4.72. The van der Waals surface area contributed by atoms with E-state index in [2.05, 4.69) is 30.3 Å². The Morgan fingerprint density at radius 1 is 1.27 bits per heavy atom. The molecule has 33 heavy (non-hydrogen) atoms. The summed E-state index contributed by atoms with van der Waals surface area (Å²) in [5.41, 5.74) is 4.42. The molecule has 1 fully saturated rings. The zero-order valence-corrected chi connectivity index (χ0v) is 20.7. The molecule has 3 aromatic heterocycles. The first-order chi connectivity index (χ1) is 15.4. The highest BCUT2D eigenvalue weighted by Crippen LogP contribution is 2.43. The van der Waals surface area contributed by atoms with Crippen molar-refractivity contribution in [3.8, 4) is 22.5 Å². The van der Waals surface area contributed by atoms with Crippen molar-refractivity contribution in [1.82, 2.24) is 19.1 Å². The van der Waals surface area contributed by atoms with E-state index >= 15 is 0 Å². The Balaban J connectivity index is 0.00000259. The zero-order chi connectivity index (χ0) is 22.4. The Morgan fingerprint density at radius 3 is 2.76 bits per heavy atom. The second-order valence-corrected chi connectivity index (χ2v) is 9.35. The second-order valence-electron chi connectivity index (χ2n) is 8.58. The molecule has 4 aromatic rings. The summed E-state index contributed by atoms with van der Waals surface area (Å²) < 4.78 is 6.70. The molecule has 3 heterocycles. The van der Waals surface area contributed by atoms with Crippen LogP contribution in [-0.2, 0) is 11.3 Å². The topological polar surface area (TPSA) is 75.9 Å². The molecule has 1 N–H and O–H groups in total. The summed E-state index contributed by atoms with van der Waals surface area (Å²) >= 11 is 1.31. The number of fused-ring (bicyclic) bond motifs is 1. The monoisotopic (exact) mass is 482 g/mol. The molecule has 0 unspecified atom stereocenters. The minimum atomic E-state index is 0. The van der Waals surface area contributed by atoms with Gasteiger partial charge in [-0.2, -0.15) is 9.47 Å². The lowest BCUT2D eigenvalue weighted by Gasteiger charge is -2.13. The van der Waals surface area contributed by atoms with Crippen LogP contribution in [0.1, 0.15) is 20.3 Å². The highest BCUT2D eigenvalue weighted by Gasteiger charge is 2.39. The summed E-state index contributed by atoms with van der Waals surface area (Å²) in [6.45, 7) is 5.00. The third kappa shape index (κ3) is 4.45. The Kier molecular flexibility index (Phi) is 6.41. The van der Waals surface area contributed by atoms with E-state index in [0.717, 1.165) is 57.2 Å². The molecule has 0 bridgehead atoms. The lowest BCUT2D eigenvalue weighted by molar-refractivity contribution is -0.117. The SMILES string of the molecule is CCn1cc2cc(-c3nsc(NC(=O)[C@@H]4C[C@H]4C)c3-c3cccc(N(C)C)n3)ccc2n1.Cl. The number of benzene rings is 1. The summed E-state index contributed by atoms with van der Waals surface area (Å²) in [7, 11) is 3.94. The van der Waals surface area contributed by atoms with E-state index in [9.17, 15) is 4.79 Å². The van der Waals surface area contributed by atoms with Gasteiger partial charge in [-0.3, -0.25) is 9.48 Å². The number of aromatic nitrogens is 4. The number of carbonyl (C=O) groups is 1. The van der Waals surface area contributed by atoms with E-state index < -0.39 is 0 Å². The molecule has 1 saturated carbocycles. The quantitative estimate of drug-likeness (QED) is 0.402. The third-order valence-electron chi connectivity index (χ3n) is 5.97. The first-order valence-corrected chi connectivity index (χ1v) is 11.6. The average Bonchev–Trinajstić information content (AvgIpc) is 3.20. The van der Waals surface area contributed by atoms with Crippen LogP contribution in [0.5, 0.6) is 0 Å².